The average molecular weight is 477 g/mol. The van der Waals surface area contributed by atoms with E-state index in [0.717, 1.165) is 25.2 Å². The maximum absolute atomic E-state index is 12.7. The third kappa shape index (κ3) is 5.12. The fourth-order valence-electron chi connectivity index (χ4n) is 2.73. The van der Waals surface area contributed by atoms with Crippen LogP contribution in [-0.2, 0) is 18.4 Å². The maximum atomic E-state index is 12.7. The van der Waals surface area contributed by atoms with E-state index in [1.54, 1.807) is 22.3 Å². The number of nitrogens with zero attached hydrogens (tertiary/aromatic N) is 4. The van der Waals surface area contributed by atoms with Crippen molar-refractivity contribution in [3.63, 3.8) is 0 Å². The Morgan fingerprint density at radius 2 is 2.18 bits per heavy atom. The van der Waals surface area contributed by atoms with E-state index < -0.39 is 0 Å². The second-order valence-corrected chi connectivity index (χ2v) is 9.78. The number of benzene rings is 1. The molecule has 0 unspecified atom stereocenters. The summed E-state index contributed by atoms with van der Waals surface area (Å²) in [7, 11) is 1.93. The first kappa shape index (κ1) is 20.8. The van der Waals surface area contributed by atoms with Crippen LogP contribution in [0.25, 0.3) is 11.4 Å². The van der Waals surface area contributed by atoms with Crippen molar-refractivity contribution in [3.05, 3.63) is 63.3 Å². The second kappa shape index (κ2) is 9.54. The minimum Gasteiger partial charge on any atom is -0.333 e. The number of halogens is 1. The number of hydrogen-bond donors (Lipinski definition) is 0. The summed E-state index contributed by atoms with van der Waals surface area (Å²) in [4.78, 5) is 15.7. The molecule has 2 heterocycles. The molecular weight excluding hydrogens is 456 g/mol. The fourth-order valence-corrected chi connectivity index (χ4v) is 5.04. The van der Waals surface area contributed by atoms with Gasteiger partial charge in [0.15, 0.2) is 11.0 Å². The van der Waals surface area contributed by atoms with Gasteiger partial charge in [-0.05, 0) is 41.1 Å². The molecule has 0 saturated carbocycles. The molecule has 1 aromatic carbocycles. The van der Waals surface area contributed by atoms with Crippen molar-refractivity contribution in [2.45, 2.75) is 18.6 Å². The Balaban J connectivity index is 1.66. The lowest BCUT2D eigenvalue weighted by Gasteiger charge is -2.20. The van der Waals surface area contributed by atoms with Gasteiger partial charge in [-0.3, -0.25) is 4.79 Å². The zero-order chi connectivity index (χ0) is 20.1. The Bertz CT molecular complexity index is 982. The third-order valence-corrected chi connectivity index (χ3v) is 6.73. The summed E-state index contributed by atoms with van der Waals surface area (Å²) >= 11 is 6.50. The van der Waals surface area contributed by atoms with Gasteiger partial charge in [-0.25, -0.2) is 0 Å². The molecule has 0 N–H and O–H groups in total. The summed E-state index contributed by atoms with van der Waals surface area (Å²) in [5, 5.41) is 9.30. The number of hydrogen-bond acceptors (Lipinski definition) is 5. The standard InChI is InChI=1S/C20H21BrN4OS2/c1-4-10-25(12-16-8-9-17(21)28-16)18(26)13-27-20-23-22-19(24(20)3)15-7-5-6-14(2)11-15/h4-9,11H,1,10,12-13H2,2-3H3. The quantitative estimate of drug-likeness (QED) is 0.341. The van der Waals surface area contributed by atoms with Crippen molar-refractivity contribution < 1.29 is 4.79 Å². The summed E-state index contributed by atoms with van der Waals surface area (Å²) in [6.45, 7) is 6.92. The molecule has 1 amide bonds. The molecule has 0 aliphatic rings. The Morgan fingerprint density at radius 1 is 1.36 bits per heavy atom. The number of thiophene rings is 1. The lowest BCUT2D eigenvalue weighted by atomic mass is 10.1. The molecule has 8 heteroatoms. The fraction of sp³-hybridized carbons (Fsp3) is 0.250. The molecule has 5 nitrogen and oxygen atoms in total. The molecule has 146 valence electrons. The predicted molar refractivity (Wildman–Crippen MR) is 120 cm³/mol. The highest BCUT2D eigenvalue weighted by molar-refractivity contribution is 9.11. The van der Waals surface area contributed by atoms with Crippen LogP contribution in [0.1, 0.15) is 10.4 Å². The van der Waals surface area contributed by atoms with Crippen molar-refractivity contribution in [2.24, 2.45) is 7.05 Å². The van der Waals surface area contributed by atoms with Gasteiger partial charge >= 0.3 is 0 Å². The Morgan fingerprint density at radius 3 is 2.86 bits per heavy atom. The minimum atomic E-state index is 0.0505. The summed E-state index contributed by atoms with van der Waals surface area (Å²) in [6, 6.07) is 12.2. The highest BCUT2D eigenvalue weighted by Gasteiger charge is 2.17. The molecule has 3 rings (SSSR count). The van der Waals surface area contributed by atoms with E-state index in [9.17, 15) is 4.79 Å². The van der Waals surface area contributed by atoms with Crippen LogP contribution < -0.4 is 0 Å². The van der Waals surface area contributed by atoms with Gasteiger partial charge in [0.05, 0.1) is 16.1 Å². The number of amides is 1. The monoisotopic (exact) mass is 476 g/mol. The average Bonchev–Trinajstić information content (AvgIpc) is 3.24. The van der Waals surface area contributed by atoms with Gasteiger partial charge in [0.25, 0.3) is 0 Å². The van der Waals surface area contributed by atoms with E-state index in [1.165, 1.54) is 17.3 Å². The van der Waals surface area contributed by atoms with Gasteiger partial charge in [0, 0.05) is 24.0 Å². The number of thioether (sulfide) groups is 1. The Kier molecular flexibility index (Phi) is 7.09. The number of carbonyl (C=O) groups is 1. The molecule has 0 saturated heterocycles. The van der Waals surface area contributed by atoms with Crippen LogP contribution in [-0.4, -0.2) is 37.9 Å². The first-order valence-electron chi connectivity index (χ1n) is 8.70. The summed E-state index contributed by atoms with van der Waals surface area (Å²) in [6.07, 6.45) is 1.75. The van der Waals surface area contributed by atoms with Gasteiger partial charge in [0.1, 0.15) is 0 Å². The van der Waals surface area contributed by atoms with Gasteiger partial charge in [-0.1, -0.05) is 41.6 Å². The SMILES string of the molecule is C=CCN(Cc1ccc(Br)s1)C(=O)CSc1nnc(-c2cccc(C)c2)n1C. The van der Waals surface area contributed by atoms with E-state index in [1.807, 2.05) is 35.9 Å². The normalized spacial score (nSPS) is 10.8. The molecular formula is C20H21BrN4OS2. The molecule has 0 spiro atoms. The van der Waals surface area contributed by atoms with Crippen molar-refractivity contribution >= 4 is 44.9 Å². The molecule has 2 aromatic heterocycles. The molecule has 28 heavy (non-hydrogen) atoms. The molecule has 0 atom stereocenters. The zero-order valence-corrected chi connectivity index (χ0v) is 19.0. The zero-order valence-electron chi connectivity index (χ0n) is 15.8. The first-order valence-corrected chi connectivity index (χ1v) is 11.3. The van der Waals surface area contributed by atoms with Crippen LogP contribution in [0.3, 0.4) is 0 Å². The van der Waals surface area contributed by atoms with E-state index in [2.05, 4.69) is 51.8 Å². The van der Waals surface area contributed by atoms with Crippen molar-refractivity contribution in [3.8, 4) is 11.4 Å². The van der Waals surface area contributed by atoms with E-state index >= 15 is 0 Å². The van der Waals surface area contributed by atoms with Gasteiger partial charge in [-0.2, -0.15) is 0 Å². The molecule has 0 aliphatic heterocycles. The second-order valence-electron chi connectivity index (χ2n) is 6.29. The molecule has 0 aliphatic carbocycles. The van der Waals surface area contributed by atoms with Crippen LogP contribution >= 0.6 is 39.0 Å². The number of aryl methyl sites for hydroxylation is 1. The first-order chi connectivity index (χ1) is 13.5. The van der Waals surface area contributed by atoms with Crippen molar-refractivity contribution in [1.82, 2.24) is 19.7 Å². The van der Waals surface area contributed by atoms with E-state index in [0.29, 0.717) is 18.8 Å². The van der Waals surface area contributed by atoms with Crippen LogP contribution in [0.4, 0.5) is 0 Å². The van der Waals surface area contributed by atoms with E-state index in [4.69, 9.17) is 0 Å². The maximum Gasteiger partial charge on any atom is 0.233 e. The predicted octanol–water partition coefficient (Wildman–Crippen LogP) is 4.92. The van der Waals surface area contributed by atoms with Gasteiger partial charge < -0.3 is 9.47 Å². The van der Waals surface area contributed by atoms with Gasteiger partial charge in [-0.15, -0.1) is 28.1 Å². The number of rotatable bonds is 8. The number of carbonyl (C=O) groups excluding carboxylic acids is 1. The number of aromatic nitrogens is 3. The molecule has 3 aromatic rings. The van der Waals surface area contributed by atoms with Crippen molar-refractivity contribution in [1.29, 1.82) is 0 Å². The topological polar surface area (TPSA) is 51.0 Å². The lowest BCUT2D eigenvalue weighted by molar-refractivity contribution is -0.128. The van der Waals surface area contributed by atoms with Crippen LogP contribution in [0.2, 0.25) is 0 Å². The van der Waals surface area contributed by atoms with Gasteiger partial charge in [0.2, 0.25) is 5.91 Å². The highest BCUT2D eigenvalue weighted by atomic mass is 79.9. The summed E-state index contributed by atoms with van der Waals surface area (Å²) in [5.41, 5.74) is 2.19. The van der Waals surface area contributed by atoms with Crippen LogP contribution in [0.15, 0.2) is 58.0 Å². The lowest BCUT2D eigenvalue weighted by Crippen LogP contribution is -2.31. The Labute approximate surface area is 181 Å². The summed E-state index contributed by atoms with van der Waals surface area (Å²) < 4.78 is 2.99. The third-order valence-electron chi connectivity index (χ3n) is 4.11. The minimum absolute atomic E-state index is 0.0505. The smallest absolute Gasteiger partial charge is 0.233 e. The summed E-state index contributed by atoms with van der Waals surface area (Å²) in [5.74, 6) is 1.15. The van der Waals surface area contributed by atoms with E-state index in [-0.39, 0.29) is 5.91 Å². The Hall–Kier alpha value is -1.90. The molecule has 0 fully saturated rings. The van der Waals surface area contributed by atoms with Crippen LogP contribution in [0, 0.1) is 6.92 Å². The molecule has 0 bridgehead atoms. The van der Waals surface area contributed by atoms with Crippen LogP contribution in [0.5, 0.6) is 0 Å². The van der Waals surface area contributed by atoms with Crippen molar-refractivity contribution in [2.75, 3.05) is 12.3 Å². The molecule has 0 radical (unpaired) electrons. The highest BCUT2D eigenvalue weighted by Crippen LogP contribution is 2.25. The largest absolute Gasteiger partial charge is 0.333 e.